The molecule has 1 aromatic rings. The molecule has 0 aromatic carbocycles. The van der Waals surface area contributed by atoms with Crippen molar-refractivity contribution in [3.8, 4) is 0 Å². The Kier molecular flexibility index (Phi) is 5.46. The van der Waals surface area contributed by atoms with Gasteiger partial charge in [-0.25, -0.2) is 14.3 Å². The van der Waals surface area contributed by atoms with E-state index in [0.29, 0.717) is 25.4 Å². The molecule has 1 aliphatic rings. The Morgan fingerprint density at radius 2 is 2.04 bits per heavy atom. The normalized spacial score (nSPS) is 18.4. The molecule has 8 nitrogen and oxygen atoms in total. The van der Waals surface area contributed by atoms with Crippen molar-refractivity contribution >= 4 is 12.1 Å². The molecule has 0 radical (unpaired) electrons. The van der Waals surface area contributed by atoms with E-state index in [4.69, 9.17) is 9.47 Å². The summed E-state index contributed by atoms with van der Waals surface area (Å²) in [6, 6.07) is -0.0260. The van der Waals surface area contributed by atoms with Gasteiger partial charge in [-0.05, 0) is 47.5 Å². The van der Waals surface area contributed by atoms with Crippen LogP contribution in [-0.4, -0.2) is 57.3 Å². The molecule has 134 valence electrons. The highest BCUT2D eigenvalue weighted by Gasteiger charge is 2.30. The zero-order chi connectivity index (χ0) is 17.9. The Balaban J connectivity index is 2.10. The molecule has 8 heteroatoms. The minimum absolute atomic E-state index is 0.0260. The van der Waals surface area contributed by atoms with Gasteiger partial charge >= 0.3 is 12.1 Å². The van der Waals surface area contributed by atoms with Crippen molar-refractivity contribution in [2.45, 2.75) is 59.1 Å². The number of carbonyl (C=O) groups excluding carboxylic acids is 2. The molecule has 0 unspecified atom stereocenters. The van der Waals surface area contributed by atoms with Gasteiger partial charge in [0.05, 0.1) is 18.3 Å². The van der Waals surface area contributed by atoms with Gasteiger partial charge in [-0.1, -0.05) is 5.21 Å². The summed E-state index contributed by atoms with van der Waals surface area (Å²) in [7, 11) is 0. The van der Waals surface area contributed by atoms with Crippen molar-refractivity contribution in [1.29, 1.82) is 0 Å². The van der Waals surface area contributed by atoms with Gasteiger partial charge in [0, 0.05) is 13.1 Å². The maximum atomic E-state index is 12.3. The number of carbonyl (C=O) groups is 2. The molecule has 1 aliphatic heterocycles. The Bertz CT molecular complexity index is 606. The third kappa shape index (κ3) is 4.24. The smallest absolute Gasteiger partial charge is 0.410 e. The fourth-order valence-corrected chi connectivity index (χ4v) is 2.72. The minimum Gasteiger partial charge on any atom is -0.461 e. The molecule has 0 spiro atoms. The van der Waals surface area contributed by atoms with Crippen LogP contribution >= 0.6 is 0 Å². The molecule has 24 heavy (non-hydrogen) atoms. The summed E-state index contributed by atoms with van der Waals surface area (Å²) in [5, 5.41) is 8.04. The van der Waals surface area contributed by atoms with E-state index in [2.05, 4.69) is 10.3 Å². The van der Waals surface area contributed by atoms with Crippen LogP contribution in [0, 0.1) is 6.92 Å². The monoisotopic (exact) mass is 338 g/mol. The number of amides is 1. The second-order valence-corrected chi connectivity index (χ2v) is 6.91. The maximum Gasteiger partial charge on any atom is 0.410 e. The summed E-state index contributed by atoms with van der Waals surface area (Å²) in [5.41, 5.74) is 0.361. The SMILES string of the molecule is CCOC(=O)c1nnn([C@H]2CCCN(C(=O)OC(C)(C)C)C2)c1C. The average molecular weight is 338 g/mol. The summed E-state index contributed by atoms with van der Waals surface area (Å²) < 4.78 is 12.1. The van der Waals surface area contributed by atoms with Gasteiger partial charge in [-0.2, -0.15) is 0 Å². The van der Waals surface area contributed by atoms with Gasteiger partial charge in [-0.15, -0.1) is 5.10 Å². The summed E-state index contributed by atoms with van der Waals surface area (Å²) in [4.78, 5) is 25.8. The number of piperidine rings is 1. The number of likely N-dealkylation sites (tertiary alicyclic amines) is 1. The number of hydrogen-bond donors (Lipinski definition) is 0. The quantitative estimate of drug-likeness (QED) is 0.786. The van der Waals surface area contributed by atoms with Crippen LogP contribution < -0.4 is 0 Å². The van der Waals surface area contributed by atoms with E-state index in [-0.39, 0.29) is 17.8 Å². The van der Waals surface area contributed by atoms with Crippen LogP contribution in [-0.2, 0) is 9.47 Å². The Labute approximate surface area is 142 Å². The molecule has 1 amide bonds. The van der Waals surface area contributed by atoms with E-state index in [0.717, 1.165) is 12.8 Å². The highest BCUT2D eigenvalue weighted by Crippen LogP contribution is 2.24. The molecule has 0 saturated carbocycles. The number of esters is 1. The van der Waals surface area contributed by atoms with E-state index >= 15 is 0 Å². The number of aromatic nitrogens is 3. The van der Waals surface area contributed by atoms with Gasteiger partial charge < -0.3 is 14.4 Å². The Hall–Kier alpha value is -2.12. The van der Waals surface area contributed by atoms with Gasteiger partial charge in [0.1, 0.15) is 5.60 Å². The van der Waals surface area contributed by atoms with Crippen molar-refractivity contribution < 1.29 is 19.1 Å². The van der Waals surface area contributed by atoms with Crippen LogP contribution in [0.15, 0.2) is 0 Å². The third-order valence-corrected chi connectivity index (χ3v) is 3.79. The summed E-state index contributed by atoms with van der Waals surface area (Å²) in [6.07, 6.45) is 1.39. The van der Waals surface area contributed by atoms with Crippen LogP contribution in [0.4, 0.5) is 4.79 Å². The van der Waals surface area contributed by atoms with Gasteiger partial charge in [-0.3, -0.25) is 0 Å². The highest BCUT2D eigenvalue weighted by atomic mass is 16.6. The first-order valence-electron chi connectivity index (χ1n) is 8.29. The Morgan fingerprint density at radius 3 is 2.67 bits per heavy atom. The lowest BCUT2D eigenvalue weighted by atomic mass is 10.1. The van der Waals surface area contributed by atoms with Crippen molar-refractivity contribution in [2.75, 3.05) is 19.7 Å². The van der Waals surface area contributed by atoms with Crippen LogP contribution in [0.2, 0.25) is 0 Å². The van der Waals surface area contributed by atoms with E-state index in [1.54, 1.807) is 23.4 Å². The number of rotatable bonds is 3. The second kappa shape index (κ2) is 7.19. The number of hydrogen-bond acceptors (Lipinski definition) is 6. The minimum atomic E-state index is -0.524. The predicted octanol–water partition coefficient (Wildman–Crippen LogP) is 2.34. The average Bonchev–Trinajstić information content (AvgIpc) is 2.87. The third-order valence-electron chi connectivity index (χ3n) is 3.79. The molecule has 1 saturated heterocycles. The van der Waals surface area contributed by atoms with Crippen molar-refractivity contribution in [2.24, 2.45) is 0 Å². The molecule has 1 fully saturated rings. The first-order chi connectivity index (χ1) is 11.2. The van der Waals surface area contributed by atoms with Crippen molar-refractivity contribution in [3.05, 3.63) is 11.4 Å². The van der Waals surface area contributed by atoms with Crippen molar-refractivity contribution in [3.63, 3.8) is 0 Å². The van der Waals surface area contributed by atoms with E-state index < -0.39 is 11.6 Å². The fraction of sp³-hybridized carbons (Fsp3) is 0.750. The molecule has 0 N–H and O–H groups in total. The van der Waals surface area contributed by atoms with E-state index in [9.17, 15) is 9.59 Å². The summed E-state index contributed by atoms with van der Waals surface area (Å²) in [5.74, 6) is -0.471. The standard InChI is InChI=1S/C16H26N4O4/c1-6-23-14(21)13-11(2)20(18-17-13)12-8-7-9-19(10-12)15(22)24-16(3,4)5/h12H,6-10H2,1-5H3/t12-/m0/s1. The lowest BCUT2D eigenvalue weighted by Crippen LogP contribution is -2.43. The molecule has 1 atom stereocenters. The lowest BCUT2D eigenvalue weighted by molar-refractivity contribution is 0.0165. The van der Waals surface area contributed by atoms with Gasteiger partial charge in [0.15, 0.2) is 5.69 Å². The molecule has 2 heterocycles. The van der Waals surface area contributed by atoms with Gasteiger partial charge in [0.25, 0.3) is 0 Å². The molecular weight excluding hydrogens is 312 g/mol. The first kappa shape index (κ1) is 18.2. The predicted molar refractivity (Wildman–Crippen MR) is 86.8 cm³/mol. The van der Waals surface area contributed by atoms with Crippen molar-refractivity contribution in [1.82, 2.24) is 19.9 Å². The molecule has 1 aromatic heterocycles. The second-order valence-electron chi connectivity index (χ2n) is 6.91. The molecule has 0 bridgehead atoms. The molecule has 0 aliphatic carbocycles. The Morgan fingerprint density at radius 1 is 1.33 bits per heavy atom. The largest absolute Gasteiger partial charge is 0.461 e. The van der Waals surface area contributed by atoms with Gasteiger partial charge in [0.2, 0.25) is 0 Å². The highest BCUT2D eigenvalue weighted by molar-refractivity contribution is 5.88. The zero-order valence-corrected chi connectivity index (χ0v) is 15.0. The molecular formula is C16H26N4O4. The van der Waals surface area contributed by atoms with Crippen LogP contribution in [0.5, 0.6) is 0 Å². The maximum absolute atomic E-state index is 12.3. The van der Waals surface area contributed by atoms with E-state index in [1.165, 1.54) is 0 Å². The lowest BCUT2D eigenvalue weighted by Gasteiger charge is -2.34. The summed E-state index contributed by atoms with van der Waals surface area (Å²) in [6.45, 7) is 10.5. The topological polar surface area (TPSA) is 86.5 Å². The fourth-order valence-electron chi connectivity index (χ4n) is 2.72. The van der Waals surface area contributed by atoms with Crippen LogP contribution in [0.1, 0.15) is 62.8 Å². The first-order valence-corrected chi connectivity index (χ1v) is 8.29. The summed E-state index contributed by atoms with van der Waals surface area (Å²) >= 11 is 0. The van der Waals surface area contributed by atoms with Crippen LogP contribution in [0.3, 0.4) is 0 Å². The number of ether oxygens (including phenoxy) is 2. The van der Waals surface area contributed by atoms with Crippen LogP contribution in [0.25, 0.3) is 0 Å². The number of nitrogens with zero attached hydrogens (tertiary/aromatic N) is 4. The van der Waals surface area contributed by atoms with E-state index in [1.807, 2.05) is 20.8 Å². The molecule has 2 rings (SSSR count). The zero-order valence-electron chi connectivity index (χ0n) is 15.0.